The van der Waals surface area contributed by atoms with Gasteiger partial charge in [-0.2, -0.15) is 0 Å². The first kappa shape index (κ1) is 6.43. The quantitative estimate of drug-likeness (QED) is 0.741. The fraction of sp³-hybridized carbons (Fsp3) is 0.222. The van der Waals surface area contributed by atoms with Gasteiger partial charge in [-0.05, 0) is 40.5 Å². The number of halogens is 1. The predicted octanol–water partition coefficient (Wildman–Crippen LogP) is 1.70. The summed E-state index contributed by atoms with van der Waals surface area (Å²) in [5.74, 6) is -0.707. The van der Waals surface area contributed by atoms with E-state index in [4.69, 9.17) is 9.85 Å². The molecule has 0 aliphatic rings. The molecule has 0 spiro atoms. The lowest BCUT2D eigenvalue weighted by atomic mass is 10.1. The number of carbonyl (C=O) groups is 1. The normalized spacial score (nSPS) is 14.2. The van der Waals surface area contributed by atoms with Crippen LogP contribution in [0.1, 0.15) is 20.0 Å². The van der Waals surface area contributed by atoms with E-state index in [1.165, 1.54) is 0 Å². The minimum atomic E-state index is -2.51. The average molecular weight is 246 g/mol. The van der Waals surface area contributed by atoms with Gasteiger partial charge in [0.15, 0.2) is 0 Å². The van der Waals surface area contributed by atoms with Crippen LogP contribution in [-0.2, 0) is 0 Å². The molecule has 1 amide bonds. The molecule has 0 aromatic heterocycles. The number of aryl methyl sites for hydroxylation is 1. The van der Waals surface area contributed by atoms with E-state index in [0.717, 1.165) is 5.56 Å². The Balaban J connectivity index is 3.09. The van der Waals surface area contributed by atoms with Gasteiger partial charge in [-0.15, -0.1) is 0 Å². The summed E-state index contributed by atoms with van der Waals surface area (Å²) in [5.41, 5.74) is 6.88. The van der Waals surface area contributed by atoms with Crippen molar-refractivity contribution in [3.63, 3.8) is 0 Å². The first-order valence-electron chi connectivity index (χ1n) is 5.09. The number of anilines is 1. The van der Waals surface area contributed by atoms with Crippen molar-refractivity contribution in [3.8, 4) is 0 Å². The van der Waals surface area contributed by atoms with Crippen molar-refractivity contribution >= 4 is 27.5 Å². The fourth-order valence-corrected chi connectivity index (χ4v) is 1.58. The number of nitrogens with one attached hydrogen (secondary N) is 1. The molecule has 3 nitrogen and oxygen atoms in total. The lowest BCUT2D eigenvalue weighted by Crippen LogP contribution is -2.19. The van der Waals surface area contributed by atoms with Gasteiger partial charge in [-0.3, -0.25) is 4.79 Å². The van der Waals surface area contributed by atoms with Gasteiger partial charge in [0.25, 0.3) is 5.91 Å². The zero-order chi connectivity index (χ0) is 12.5. The van der Waals surface area contributed by atoms with E-state index in [1.54, 1.807) is 19.1 Å². The Kier molecular flexibility index (Phi) is 1.87. The number of nitrogens with two attached hydrogens (primary N) is 1. The molecule has 0 bridgehead atoms. The second-order valence-electron chi connectivity index (χ2n) is 2.66. The van der Waals surface area contributed by atoms with Crippen molar-refractivity contribution < 1.29 is 8.91 Å². The highest BCUT2D eigenvalue weighted by Crippen LogP contribution is 2.24. The number of hydrogen-bond acceptors (Lipinski definition) is 2. The Morgan fingerprint density at radius 3 is 3.00 bits per heavy atom. The van der Waals surface area contributed by atoms with Gasteiger partial charge in [-0.1, -0.05) is 0 Å². The highest BCUT2D eigenvalue weighted by molar-refractivity contribution is 9.10. The summed E-state index contributed by atoms with van der Waals surface area (Å²) < 4.78 is 21.4. The third-order valence-corrected chi connectivity index (χ3v) is 2.29. The lowest BCUT2D eigenvalue weighted by Gasteiger charge is -2.07. The van der Waals surface area contributed by atoms with Crippen LogP contribution in [0.3, 0.4) is 0 Å². The van der Waals surface area contributed by atoms with Crippen molar-refractivity contribution in [1.29, 1.82) is 0 Å². The number of nitrogen functional groups attached to an aromatic ring is 1. The zero-order valence-electron chi connectivity index (χ0n) is 10.0. The van der Waals surface area contributed by atoms with E-state index in [2.05, 4.69) is 15.9 Å². The van der Waals surface area contributed by atoms with Crippen molar-refractivity contribution in [3.05, 3.63) is 27.7 Å². The monoisotopic (exact) mass is 245 g/mol. The van der Waals surface area contributed by atoms with Crippen LogP contribution >= 0.6 is 15.9 Å². The number of amides is 1. The van der Waals surface area contributed by atoms with Crippen molar-refractivity contribution in [2.45, 2.75) is 6.92 Å². The molecule has 0 aliphatic carbocycles. The van der Waals surface area contributed by atoms with Gasteiger partial charge in [0.2, 0.25) is 0 Å². The van der Waals surface area contributed by atoms with Crippen LogP contribution in [0.4, 0.5) is 5.69 Å². The van der Waals surface area contributed by atoms with E-state index < -0.39 is 12.9 Å². The first-order valence-corrected chi connectivity index (χ1v) is 4.38. The fourth-order valence-electron chi connectivity index (χ4n) is 1.01. The maximum absolute atomic E-state index is 11.6. The highest BCUT2D eigenvalue weighted by Gasteiger charge is 2.10. The molecule has 0 fully saturated rings. The van der Waals surface area contributed by atoms with Crippen LogP contribution in [0.25, 0.3) is 0 Å². The van der Waals surface area contributed by atoms with Crippen LogP contribution < -0.4 is 11.1 Å². The summed E-state index contributed by atoms with van der Waals surface area (Å²) in [5, 5.41) is 1.89. The molecule has 0 atom stereocenters. The van der Waals surface area contributed by atoms with Crippen molar-refractivity contribution in [2.75, 3.05) is 12.7 Å². The summed E-state index contributed by atoms with van der Waals surface area (Å²) in [6, 6.07) is 3.29. The Bertz CT molecular complexity index is 431. The number of carbonyl (C=O) groups excluding carboxylic acids is 1. The minimum absolute atomic E-state index is 0.156. The van der Waals surface area contributed by atoms with Crippen LogP contribution in [-0.4, -0.2) is 12.9 Å². The molecule has 0 unspecified atom stereocenters. The topological polar surface area (TPSA) is 55.1 Å². The smallest absolute Gasteiger partial charge is 0.253 e. The summed E-state index contributed by atoms with van der Waals surface area (Å²) in [7, 11) is 0. The van der Waals surface area contributed by atoms with Gasteiger partial charge in [0.05, 0.1) is 11.3 Å². The molecule has 1 aromatic rings. The second kappa shape index (κ2) is 3.79. The zero-order valence-corrected chi connectivity index (χ0v) is 8.60. The third-order valence-electron chi connectivity index (χ3n) is 1.63. The molecule has 70 valence electrons. The minimum Gasteiger partial charge on any atom is -0.397 e. The summed E-state index contributed by atoms with van der Waals surface area (Å²) >= 11 is 3.20. The maximum Gasteiger partial charge on any atom is 0.253 e. The van der Waals surface area contributed by atoms with Crippen LogP contribution in [0.15, 0.2) is 16.6 Å². The Labute approximate surface area is 89.7 Å². The molecule has 1 aromatic carbocycles. The third kappa shape index (κ3) is 2.01. The van der Waals surface area contributed by atoms with Crippen LogP contribution in [0.2, 0.25) is 0 Å². The van der Waals surface area contributed by atoms with Gasteiger partial charge >= 0.3 is 0 Å². The van der Waals surface area contributed by atoms with E-state index >= 15 is 0 Å². The molecule has 3 N–H and O–H groups in total. The molecule has 0 saturated heterocycles. The molecular formula is C9H11BrN2O. The largest absolute Gasteiger partial charge is 0.397 e. The first-order chi connectivity index (χ1) is 7.20. The molecular weight excluding hydrogens is 232 g/mol. The molecule has 0 heterocycles. The standard InChI is InChI=1S/C9H11BrN2O/c1-5-3-6(9(13)12-2)8(11)7(10)4-5/h3-4H,11H2,1-2H3,(H,12,13)/i2D3. The Morgan fingerprint density at radius 2 is 2.38 bits per heavy atom. The van der Waals surface area contributed by atoms with Gasteiger partial charge < -0.3 is 11.1 Å². The van der Waals surface area contributed by atoms with Crippen molar-refractivity contribution in [1.82, 2.24) is 5.32 Å². The molecule has 0 radical (unpaired) electrons. The van der Waals surface area contributed by atoms with Gasteiger partial charge in [0, 0.05) is 15.6 Å². The SMILES string of the molecule is [2H]C([2H])([2H])NC(=O)c1cc(C)cc(Br)c1N. The maximum atomic E-state index is 11.6. The summed E-state index contributed by atoms with van der Waals surface area (Å²) in [4.78, 5) is 11.6. The van der Waals surface area contributed by atoms with E-state index in [-0.39, 0.29) is 11.3 Å². The number of benzene rings is 1. The molecule has 1 rings (SSSR count). The summed E-state index contributed by atoms with van der Waals surface area (Å²) in [6.07, 6.45) is 0. The highest BCUT2D eigenvalue weighted by atomic mass is 79.9. The average Bonchev–Trinajstić information content (AvgIpc) is 2.08. The summed E-state index contributed by atoms with van der Waals surface area (Å²) in [6.45, 7) is -0.726. The predicted molar refractivity (Wildman–Crippen MR) is 56.7 cm³/mol. The lowest BCUT2D eigenvalue weighted by molar-refractivity contribution is 0.0964. The van der Waals surface area contributed by atoms with E-state index in [1.807, 2.05) is 5.32 Å². The van der Waals surface area contributed by atoms with Gasteiger partial charge in [0.1, 0.15) is 0 Å². The molecule has 0 aliphatic heterocycles. The van der Waals surface area contributed by atoms with Crippen LogP contribution in [0, 0.1) is 6.92 Å². The number of rotatable bonds is 1. The van der Waals surface area contributed by atoms with Crippen molar-refractivity contribution in [2.24, 2.45) is 0 Å². The van der Waals surface area contributed by atoms with E-state index in [0.29, 0.717) is 4.47 Å². The molecule has 13 heavy (non-hydrogen) atoms. The second-order valence-corrected chi connectivity index (χ2v) is 3.52. The van der Waals surface area contributed by atoms with Crippen LogP contribution in [0.5, 0.6) is 0 Å². The van der Waals surface area contributed by atoms with E-state index in [9.17, 15) is 4.79 Å². The number of hydrogen-bond donors (Lipinski definition) is 2. The molecule has 4 heteroatoms. The Morgan fingerprint density at radius 1 is 1.69 bits per heavy atom. The molecule has 0 saturated carbocycles. The Hall–Kier alpha value is -1.03. The van der Waals surface area contributed by atoms with Gasteiger partial charge in [-0.25, -0.2) is 0 Å².